The SMILES string of the molecule is Clc1ccc2c(Cl)c(Cl)cc(Cl)c2c1. The molecular weight excluding hydrogens is 262 g/mol. The van der Waals surface area contributed by atoms with Gasteiger partial charge in [0, 0.05) is 15.8 Å². The number of hydrogen-bond donors (Lipinski definition) is 0. The van der Waals surface area contributed by atoms with Crippen LogP contribution in [-0.2, 0) is 0 Å². The second kappa shape index (κ2) is 3.79. The van der Waals surface area contributed by atoms with E-state index in [1.807, 2.05) is 0 Å². The third-order valence-electron chi connectivity index (χ3n) is 1.94. The number of hydrogen-bond acceptors (Lipinski definition) is 0. The Labute approximate surface area is 101 Å². The van der Waals surface area contributed by atoms with Crippen molar-refractivity contribution < 1.29 is 0 Å². The molecule has 0 aliphatic heterocycles. The summed E-state index contributed by atoms with van der Waals surface area (Å²) in [6.07, 6.45) is 0. The van der Waals surface area contributed by atoms with Crippen molar-refractivity contribution in [1.29, 1.82) is 0 Å². The highest BCUT2D eigenvalue weighted by Crippen LogP contribution is 2.36. The normalized spacial score (nSPS) is 10.9. The van der Waals surface area contributed by atoms with Crippen LogP contribution < -0.4 is 0 Å². The van der Waals surface area contributed by atoms with E-state index in [-0.39, 0.29) is 0 Å². The zero-order chi connectivity index (χ0) is 10.3. The number of rotatable bonds is 0. The zero-order valence-electron chi connectivity index (χ0n) is 6.82. The van der Waals surface area contributed by atoms with Crippen molar-refractivity contribution in [2.75, 3.05) is 0 Å². The lowest BCUT2D eigenvalue weighted by atomic mass is 10.1. The standard InChI is InChI=1S/C10H4Cl4/c11-5-1-2-6-7(3-5)8(12)4-9(13)10(6)14/h1-4H. The largest absolute Gasteiger partial charge is 0.0843 e. The molecule has 0 aliphatic rings. The first kappa shape index (κ1) is 10.4. The third kappa shape index (κ3) is 1.68. The van der Waals surface area contributed by atoms with Crippen LogP contribution >= 0.6 is 46.4 Å². The average molecular weight is 266 g/mol. The molecule has 4 heteroatoms. The third-order valence-corrected chi connectivity index (χ3v) is 3.29. The first-order valence-electron chi connectivity index (χ1n) is 3.82. The van der Waals surface area contributed by atoms with Crippen molar-refractivity contribution >= 4 is 57.2 Å². The molecule has 2 rings (SSSR count). The van der Waals surface area contributed by atoms with Crippen molar-refractivity contribution in [2.24, 2.45) is 0 Å². The van der Waals surface area contributed by atoms with E-state index in [0.29, 0.717) is 20.1 Å². The van der Waals surface area contributed by atoms with Gasteiger partial charge >= 0.3 is 0 Å². The summed E-state index contributed by atoms with van der Waals surface area (Å²) in [7, 11) is 0. The van der Waals surface area contributed by atoms with Crippen LogP contribution in [0, 0.1) is 0 Å². The lowest BCUT2D eigenvalue weighted by Crippen LogP contribution is -1.78. The molecule has 2 aromatic carbocycles. The van der Waals surface area contributed by atoms with E-state index in [9.17, 15) is 0 Å². The van der Waals surface area contributed by atoms with Crippen molar-refractivity contribution in [3.05, 3.63) is 44.4 Å². The molecular formula is C10H4Cl4. The fourth-order valence-corrected chi connectivity index (χ4v) is 2.21. The molecule has 0 atom stereocenters. The molecule has 0 nitrogen and oxygen atoms in total. The Hall–Kier alpha value is -0.140. The fourth-order valence-electron chi connectivity index (χ4n) is 1.29. The number of benzene rings is 2. The van der Waals surface area contributed by atoms with Crippen molar-refractivity contribution in [2.45, 2.75) is 0 Å². The van der Waals surface area contributed by atoms with E-state index in [0.717, 1.165) is 10.8 Å². The van der Waals surface area contributed by atoms with E-state index in [4.69, 9.17) is 46.4 Å². The Morgan fingerprint density at radius 2 is 1.43 bits per heavy atom. The van der Waals surface area contributed by atoms with Crippen LogP contribution in [0.5, 0.6) is 0 Å². The van der Waals surface area contributed by atoms with Gasteiger partial charge in [-0.3, -0.25) is 0 Å². The van der Waals surface area contributed by atoms with Crippen molar-refractivity contribution in [3.8, 4) is 0 Å². The summed E-state index contributed by atoms with van der Waals surface area (Å²) < 4.78 is 0. The molecule has 0 N–H and O–H groups in total. The highest BCUT2D eigenvalue weighted by molar-refractivity contribution is 6.48. The predicted octanol–water partition coefficient (Wildman–Crippen LogP) is 5.45. The van der Waals surface area contributed by atoms with E-state index >= 15 is 0 Å². The van der Waals surface area contributed by atoms with Crippen molar-refractivity contribution in [1.82, 2.24) is 0 Å². The van der Waals surface area contributed by atoms with Gasteiger partial charge in [-0.1, -0.05) is 52.5 Å². The molecule has 0 saturated carbocycles. The summed E-state index contributed by atoms with van der Waals surface area (Å²) in [6.45, 7) is 0. The van der Waals surface area contributed by atoms with Crippen LogP contribution in [0.4, 0.5) is 0 Å². The van der Waals surface area contributed by atoms with Gasteiger partial charge < -0.3 is 0 Å². The zero-order valence-corrected chi connectivity index (χ0v) is 9.84. The minimum Gasteiger partial charge on any atom is -0.0843 e. The predicted molar refractivity (Wildman–Crippen MR) is 64.0 cm³/mol. The molecule has 0 fully saturated rings. The van der Waals surface area contributed by atoms with Gasteiger partial charge in [0.1, 0.15) is 0 Å². The maximum absolute atomic E-state index is 6.02. The van der Waals surface area contributed by atoms with Crippen LogP contribution in [-0.4, -0.2) is 0 Å². The Balaban J connectivity index is 2.94. The van der Waals surface area contributed by atoms with Gasteiger partial charge in [0.05, 0.1) is 15.1 Å². The van der Waals surface area contributed by atoms with Crippen LogP contribution in [0.1, 0.15) is 0 Å². The Bertz CT molecular complexity index is 505. The van der Waals surface area contributed by atoms with E-state index in [1.165, 1.54) is 0 Å². The average Bonchev–Trinajstić information content (AvgIpc) is 2.14. The summed E-state index contributed by atoms with van der Waals surface area (Å²) >= 11 is 23.8. The van der Waals surface area contributed by atoms with Gasteiger partial charge in [0.25, 0.3) is 0 Å². The van der Waals surface area contributed by atoms with Crippen LogP contribution in [0.2, 0.25) is 20.1 Å². The second-order valence-electron chi connectivity index (χ2n) is 2.84. The molecule has 0 spiro atoms. The monoisotopic (exact) mass is 264 g/mol. The minimum atomic E-state index is 0.450. The lowest BCUT2D eigenvalue weighted by molar-refractivity contribution is 1.74. The molecule has 0 unspecified atom stereocenters. The van der Waals surface area contributed by atoms with Gasteiger partial charge in [-0.2, -0.15) is 0 Å². The summed E-state index contributed by atoms with van der Waals surface area (Å²) in [5.74, 6) is 0. The van der Waals surface area contributed by atoms with Crippen molar-refractivity contribution in [3.63, 3.8) is 0 Å². The van der Waals surface area contributed by atoms with Crippen LogP contribution in [0.25, 0.3) is 10.8 Å². The van der Waals surface area contributed by atoms with Crippen LogP contribution in [0.3, 0.4) is 0 Å². The molecule has 0 radical (unpaired) electrons. The van der Waals surface area contributed by atoms with Crippen LogP contribution in [0.15, 0.2) is 24.3 Å². The molecule has 0 aromatic heterocycles. The summed E-state index contributed by atoms with van der Waals surface area (Å²) in [5, 5.41) is 3.76. The Morgan fingerprint density at radius 3 is 2.14 bits per heavy atom. The first-order chi connectivity index (χ1) is 6.59. The highest BCUT2D eigenvalue weighted by atomic mass is 35.5. The molecule has 0 heterocycles. The van der Waals surface area contributed by atoms with Gasteiger partial charge in [0.15, 0.2) is 0 Å². The molecule has 0 aliphatic carbocycles. The summed E-state index contributed by atoms with van der Waals surface area (Å²) in [4.78, 5) is 0. The quantitative estimate of drug-likeness (QED) is 0.556. The van der Waals surface area contributed by atoms with Gasteiger partial charge in [-0.05, 0) is 18.2 Å². The first-order valence-corrected chi connectivity index (χ1v) is 5.33. The topological polar surface area (TPSA) is 0 Å². The molecule has 0 saturated heterocycles. The smallest absolute Gasteiger partial charge is 0.0671 e. The van der Waals surface area contributed by atoms with Gasteiger partial charge in [0.2, 0.25) is 0 Å². The highest BCUT2D eigenvalue weighted by Gasteiger charge is 2.08. The Kier molecular flexibility index (Phi) is 2.81. The maximum atomic E-state index is 6.02. The number of fused-ring (bicyclic) bond motifs is 1. The molecule has 0 amide bonds. The minimum absolute atomic E-state index is 0.450. The van der Waals surface area contributed by atoms with Gasteiger partial charge in [-0.25, -0.2) is 0 Å². The van der Waals surface area contributed by atoms with E-state index < -0.39 is 0 Å². The molecule has 2 aromatic rings. The maximum Gasteiger partial charge on any atom is 0.0671 e. The number of halogens is 4. The second-order valence-corrected chi connectivity index (χ2v) is 4.47. The van der Waals surface area contributed by atoms with Gasteiger partial charge in [-0.15, -0.1) is 0 Å². The molecule has 0 bridgehead atoms. The molecule has 72 valence electrons. The molecule has 14 heavy (non-hydrogen) atoms. The summed E-state index contributed by atoms with van der Waals surface area (Å²) in [6, 6.07) is 6.94. The Morgan fingerprint density at radius 1 is 0.714 bits per heavy atom. The van der Waals surface area contributed by atoms with E-state index in [1.54, 1.807) is 24.3 Å². The lowest BCUT2D eigenvalue weighted by Gasteiger charge is -2.05. The fraction of sp³-hybridized carbons (Fsp3) is 0. The summed E-state index contributed by atoms with van der Waals surface area (Å²) in [5.41, 5.74) is 0. The van der Waals surface area contributed by atoms with E-state index in [2.05, 4.69) is 0 Å².